The fraction of sp³-hybridized carbons (Fsp3) is 0.727. The van der Waals surface area contributed by atoms with Crippen LogP contribution >= 0.6 is 0 Å². The number of nitrogens with zero attached hydrogens (tertiary/aromatic N) is 1. The summed E-state index contributed by atoms with van der Waals surface area (Å²) >= 11 is 0. The normalized spacial score (nSPS) is 45.5. The van der Waals surface area contributed by atoms with Gasteiger partial charge in [-0.05, 0) is 19.3 Å². The number of aliphatic hydroxyl groups is 1. The second-order valence-corrected chi connectivity index (χ2v) is 4.70. The third-order valence-corrected chi connectivity index (χ3v) is 4.14. The topological polar surface area (TPSA) is 40.5 Å². The summed E-state index contributed by atoms with van der Waals surface area (Å²) in [6.45, 7) is 0. The molecule has 14 heavy (non-hydrogen) atoms. The number of amides is 1. The van der Waals surface area contributed by atoms with Crippen LogP contribution in [0.3, 0.4) is 0 Å². The van der Waals surface area contributed by atoms with Gasteiger partial charge in [-0.2, -0.15) is 0 Å². The van der Waals surface area contributed by atoms with Crippen molar-refractivity contribution in [3.8, 4) is 0 Å². The van der Waals surface area contributed by atoms with Gasteiger partial charge in [0.1, 0.15) is 6.10 Å². The third kappa shape index (κ3) is 0.793. The minimum atomic E-state index is -0.736. The first-order chi connectivity index (χ1) is 6.76. The molecule has 0 aromatic rings. The van der Waals surface area contributed by atoms with Gasteiger partial charge in [-0.15, -0.1) is 0 Å². The first-order valence-electron chi connectivity index (χ1n) is 5.44. The molecule has 1 N–H and O–H groups in total. The van der Waals surface area contributed by atoms with Gasteiger partial charge in [-0.25, -0.2) is 0 Å². The summed E-state index contributed by atoms with van der Waals surface area (Å²) in [7, 11) is 0. The molecule has 1 aliphatic carbocycles. The zero-order valence-corrected chi connectivity index (χ0v) is 8.15. The van der Waals surface area contributed by atoms with Crippen LogP contribution in [0.25, 0.3) is 0 Å². The molecule has 3 heteroatoms. The van der Waals surface area contributed by atoms with Gasteiger partial charge in [0.2, 0.25) is 0 Å². The van der Waals surface area contributed by atoms with Crippen LogP contribution < -0.4 is 0 Å². The van der Waals surface area contributed by atoms with Crippen LogP contribution in [-0.4, -0.2) is 27.6 Å². The van der Waals surface area contributed by atoms with Gasteiger partial charge in [-0.3, -0.25) is 4.79 Å². The molecular formula is C11H15NO2. The first kappa shape index (κ1) is 8.48. The Morgan fingerprint density at radius 2 is 2.36 bits per heavy atom. The molecule has 0 aromatic heterocycles. The molecule has 1 spiro atoms. The largest absolute Gasteiger partial charge is 0.383 e. The van der Waals surface area contributed by atoms with E-state index in [0.717, 1.165) is 25.7 Å². The monoisotopic (exact) mass is 193 g/mol. The minimum absolute atomic E-state index is 0.0330. The smallest absolute Gasteiger partial charge is 0.256 e. The summed E-state index contributed by atoms with van der Waals surface area (Å²) in [5.41, 5.74) is -0.0330. The SMILES string of the molecule is O=C1[C@@H](O)[C@H]2CCCC[C@]23CC=CN13. The maximum atomic E-state index is 11.8. The number of hydrogen-bond donors (Lipinski definition) is 1. The Bertz CT molecular complexity index is 312. The van der Waals surface area contributed by atoms with Crippen LogP contribution in [0.2, 0.25) is 0 Å². The molecule has 0 bridgehead atoms. The molecule has 3 aliphatic rings. The van der Waals surface area contributed by atoms with Gasteiger partial charge in [0.15, 0.2) is 0 Å². The van der Waals surface area contributed by atoms with Crippen molar-refractivity contribution in [2.24, 2.45) is 5.92 Å². The van der Waals surface area contributed by atoms with Gasteiger partial charge in [0, 0.05) is 12.1 Å². The molecule has 0 unspecified atom stereocenters. The Balaban J connectivity index is 2.04. The van der Waals surface area contributed by atoms with Crippen LogP contribution in [0.15, 0.2) is 12.3 Å². The lowest BCUT2D eigenvalue weighted by atomic mass is 9.72. The maximum absolute atomic E-state index is 11.8. The Morgan fingerprint density at radius 3 is 3.21 bits per heavy atom. The molecule has 1 amide bonds. The van der Waals surface area contributed by atoms with Crippen molar-refractivity contribution in [3.05, 3.63) is 12.3 Å². The first-order valence-corrected chi connectivity index (χ1v) is 5.44. The van der Waals surface area contributed by atoms with Crippen molar-refractivity contribution in [1.82, 2.24) is 4.90 Å². The highest BCUT2D eigenvalue weighted by atomic mass is 16.3. The summed E-state index contributed by atoms with van der Waals surface area (Å²) < 4.78 is 0. The number of carbonyl (C=O) groups excluding carboxylic acids is 1. The van der Waals surface area contributed by atoms with Crippen LogP contribution in [0.4, 0.5) is 0 Å². The van der Waals surface area contributed by atoms with Crippen molar-refractivity contribution in [2.45, 2.75) is 43.7 Å². The lowest BCUT2D eigenvalue weighted by Crippen LogP contribution is -2.45. The highest BCUT2D eigenvalue weighted by molar-refractivity contribution is 5.86. The predicted octanol–water partition coefficient (Wildman–Crippen LogP) is 1.04. The van der Waals surface area contributed by atoms with E-state index in [1.54, 1.807) is 0 Å². The molecule has 0 aromatic carbocycles. The van der Waals surface area contributed by atoms with E-state index in [1.807, 2.05) is 11.1 Å². The second-order valence-electron chi connectivity index (χ2n) is 4.70. The van der Waals surface area contributed by atoms with E-state index in [4.69, 9.17) is 0 Å². The van der Waals surface area contributed by atoms with E-state index in [2.05, 4.69) is 6.08 Å². The van der Waals surface area contributed by atoms with Crippen molar-refractivity contribution in [2.75, 3.05) is 0 Å². The molecule has 76 valence electrons. The third-order valence-electron chi connectivity index (χ3n) is 4.14. The molecule has 0 radical (unpaired) electrons. The average molecular weight is 193 g/mol. The predicted molar refractivity (Wildman–Crippen MR) is 51.3 cm³/mol. The summed E-state index contributed by atoms with van der Waals surface area (Å²) in [5.74, 6) is 0.101. The zero-order chi connectivity index (χ0) is 9.76. The number of aliphatic hydroxyl groups excluding tert-OH is 1. The van der Waals surface area contributed by atoms with Gasteiger partial charge >= 0.3 is 0 Å². The lowest BCUT2D eigenvalue weighted by molar-refractivity contribution is -0.133. The van der Waals surface area contributed by atoms with E-state index in [1.165, 1.54) is 6.42 Å². The number of rotatable bonds is 0. The van der Waals surface area contributed by atoms with Crippen LogP contribution in [0, 0.1) is 5.92 Å². The highest BCUT2D eigenvalue weighted by Crippen LogP contribution is 2.50. The summed E-state index contributed by atoms with van der Waals surface area (Å²) in [6, 6.07) is 0. The summed E-state index contributed by atoms with van der Waals surface area (Å²) in [5, 5.41) is 9.87. The van der Waals surface area contributed by atoms with Gasteiger partial charge in [0.25, 0.3) is 5.91 Å². The van der Waals surface area contributed by atoms with Crippen molar-refractivity contribution < 1.29 is 9.90 Å². The van der Waals surface area contributed by atoms with E-state index in [0.29, 0.717) is 0 Å². The second kappa shape index (κ2) is 2.60. The highest BCUT2D eigenvalue weighted by Gasteiger charge is 2.58. The summed E-state index contributed by atoms with van der Waals surface area (Å²) in [4.78, 5) is 13.6. The van der Waals surface area contributed by atoms with Crippen molar-refractivity contribution >= 4 is 5.91 Å². The van der Waals surface area contributed by atoms with Crippen molar-refractivity contribution in [3.63, 3.8) is 0 Å². The average Bonchev–Trinajstić information content (AvgIpc) is 2.68. The van der Waals surface area contributed by atoms with Gasteiger partial charge in [-0.1, -0.05) is 18.9 Å². The molecule has 3 nitrogen and oxygen atoms in total. The van der Waals surface area contributed by atoms with Gasteiger partial charge < -0.3 is 10.0 Å². The molecule has 2 fully saturated rings. The molecule has 2 aliphatic heterocycles. The molecule has 1 saturated heterocycles. The van der Waals surface area contributed by atoms with Gasteiger partial charge in [0.05, 0.1) is 5.54 Å². The van der Waals surface area contributed by atoms with E-state index in [-0.39, 0.29) is 17.4 Å². The minimum Gasteiger partial charge on any atom is -0.383 e. The Kier molecular flexibility index (Phi) is 1.57. The van der Waals surface area contributed by atoms with Crippen molar-refractivity contribution in [1.29, 1.82) is 0 Å². The summed E-state index contributed by atoms with van der Waals surface area (Å²) in [6.07, 6.45) is 8.57. The standard InChI is InChI=1S/C11H15NO2/c13-9-8-4-1-2-5-11(8)6-3-7-12(11)10(9)14/h3,7-9,13H,1-2,4-6H2/t8-,9+,11+/m1/s1. The lowest BCUT2D eigenvalue weighted by Gasteiger charge is -2.40. The number of hydrogen-bond acceptors (Lipinski definition) is 2. The fourth-order valence-corrected chi connectivity index (χ4v) is 3.47. The number of carbonyl (C=O) groups is 1. The Morgan fingerprint density at radius 1 is 1.50 bits per heavy atom. The fourth-order valence-electron chi connectivity index (χ4n) is 3.47. The molecular weight excluding hydrogens is 178 g/mol. The van der Waals surface area contributed by atoms with Crippen LogP contribution in [0.1, 0.15) is 32.1 Å². The van der Waals surface area contributed by atoms with E-state index >= 15 is 0 Å². The maximum Gasteiger partial charge on any atom is 0.256 e. The molecule has 3 rings (SSSR count). The quantitative estimate of drug-likeness (QED) is 0.624. The Hall–Kier alpha value is -0.830. The Labute approximate surface area is 83.4 Å². The molecule has 2 heterocycles. The van der Waals surface area contributed by atoms with E-state index < -0.39 is 6.10 Å². The zero-order valence-electron chi connectivity index (χ0n) is 8.15. The molecule has 1 saturated carbocycles. The van der Waals surface area contributed by atoms with Crippen LogP contribution in [-0.2, 0) is 4.79 Å². The van der Waals surface area contributed by atoms with Crippen LogP contribution in [0.5, 0.6) is 0 Å². The van der Waals surface area contributed by atoms with E-state index in [9.17, 15) is 9.90 Å². The molecule has 3 atom stereocenters.